The topological polar surface area (TPSA) is 51.4 Å². The normalized spacial score (nSPS) is 21.1. The summed E-state index contributed by atoms with van der Waals surface area (Å²) in [6.07, 6.45) is 11.1. The molecule has 5 nitrogen and oxygen atoms in total. The van der Waals surface area contributed by atoms with Crippen LogP contribution in [0.1, 0.15) is 63.4 Å². The van der Waals surface area contributed by atoms with Gasteiger partial charge in [-0.1, -0.05) is 31.5 Å². The number of fused-ring (bicyclic) bond motifs is 2. The zero-order chi connectivity index (χ0) is 23.3. The molecule has 2 N–H and O–H groups in total. The van der Waals surface area contributed by atoms with Gasteiger partial charge in [0.25, 0.3) is 0 Å². The number of aromatic amines is 1. The van der Waals surface area contributed by atoms with E-state index in [-0.39, 0.29) is 6.03 Å². The fourth-order valence-electron chi connectivity index (χ4n) is 5.58. The van der Waals surface area contributed by atoms with Gasteiger partial charge in [0.05, 0.1) is 5.69 Å². The Bertz CT molecular complexity index is 1080. The van der Waals surface area contributed by atoms with E-state index in [2.05, 4.69) is 40.5 Å². The number of hydrogen-bond donors (Lipinski definition) is 2. The molecule has 3 aromatic rings. The highest BCUT2D eigenvalue weighted by Gasteiger charge is 2.28. The number of amides is 2. The summed E-state index contributed by atoms with van der Waals surface area (Å²) in [5, 5.41) is 4.40. The molecule has 1 aromatic heterocycles. The van der Waals surface area contributed by atoms with E-state index in [9.17, 15) is 4.79 Å². The lowest BCUT2D eigenvalue weighted by atomic mass is 9.90. The Morgan fingerprint density at radius 2 is 1.97 bits per heavy atom. The number of rotatable bonds is 6. The molecule has 2 saturated heterocycles. The van der Waals surface area contributed by atoms with Gasteiger partial charge in [-0.25, -0.2) is 9.10 Å². The average molecular weight is 477 g/mol. The molecule has 6 heteroatoms. The Labute approximate surface area is 207 Å². The van der Waals surface area contributed by atoms with Crippen molar-refractivity contribution in [2.45, 2.75) is 63.8 Å². The van der Waals surface area contributed by atoms with Crippen molar-refractivity contribution in [2.75, 3.05) is 28.5 Å². The molecule has 2 amide bonds. The van der Waals surface area contributed by atoms with E-state index in [1.54, 1.807) is 16.3 Å². The maximum Gasteiger partial charge on any atom is 0.336 e. The molecule has 0 spiro atoms. The number of para-hydroxylation sites is 1. The van der Waals surface area contributed by atoms with Crippen LogP contribution in [0.15, 0.2) is 54.7 Å². The Hall–Kier alpha value is -2.44. The standard InChI is InChI=1S/C28H36N4OS/c1-2-18-34-32(24-9-4-3-5-10-24)28(33)30-22-12-14-27-25(19-22)26(20-29-27)21-11-13-23-8-6-7-16-31(23)17-15-21/h3-5,9-10,12,14,19-21,23,29H,2,6-8,11,13,15-18H2,1H3,(H,30,33). The van der Waals surface area contributed by atoms with E-state index >= 15 is 0 Å². The van der Waals surface area contributed by atoms with Crippen LogP contribution in [0.25, 0.3) is 10.9 Å². The molecule has 34 heavy (non-hydrogen) atoms. The molecule has 2 unspecified atom stereocenters. The van der Waals surface area contributed by atoms with Crippen molar-refractivity contribution in [3.05, 3.63) is 60.3 Å². The Morgan fingerprint density at radius 3 is 2.82 bits per heavy atom. The zero-order valence-corrected chi connectivity index (χ0v) is 20.9. The predicted molar refractivity (Wildman–Crippen MR) is 145 cm³/mol. The zero-order valence-electron chi connectivity index (χ0n) is 20.1. The van der Waals surface area contributed by atoms with Crippen molar-refractivity contribution >= 4 is 40.3 Å². The molecular formula is C28H36N4OS. The molecule has 3 heterocycles. The van der Waals surface area contributed by atoms with Crippen molar-refractivity contribution in [2.24, 2.45) is 0 Å². The van der Waals surface area contributed by atoms with E-state index in [0.29, 0.717) is 5.92 Å². The number of piperidine rings is 1. The Kier molecular flexibility index (Phi) is 7.45. The maximum atomic E-state index is 13.3. The number of aromatic nitrogens is 1. The monoisotopic (exact) mass is 476 g/mol. The first kappa shape index (κ1) is 23.3. The summed E-state index contributed by atoms with van der Waals surface area (Å²) in [7, 11) is 0. The molecule has 0 saturated carbocycles. The third kappa shape index (κ3) is 5.13. The van der Waals surface area contributed by atoms with Gasteiger partial charge < -0.3 is 15.2 Å². The quantitative estimate of drug-likeness (QED) is 0.365. The van der Waals surface area contributed by atoms with Crippen molar-refractivity contribution in [1.29, 1.82) is 0 Å². The second-order valence-electron chi connectivity index (χ2n) is 9.65. The number of benzene rings is 2. The molecule has 2 aliphatic heterocycles. The van der Waals surface area contributed by atoms with E-state index in [4.69, 9.17) is 0 Å². The summed E-state index contributed by atoms with van der Waals surface area (Å²) in [5.74, 6) is 1.47. The number of nitrogens with zero attached hydrogens (tertiary/aromatic N) is 2. The van der Waals surface area contributed by atoms with Gasteiger partial charge in [0.2, 0.25) is 0 Å². The molecule has 0 aliphatic carbocycles. The minimum absolute atomic E-state index is 0.104. The molecule has 5 rings (SSSR count). The van der Waals surface area contributed by atoms with Crippen LogP contribution in [-0.2, 0) is 0 Å². The van der Waals surface area contributed by atoms with Crippen LogP contribution < -0.4 is 9.62 Å². The Balaban J connectivity index is 1.34. The average Bonchev–Trinajstić information content (AvgIpc) is 3.16. The molecular weight excluding hydrogens is 440 g/mol. The molecule has 2 fully saturated rings. The largest absolute Gasteiger partial charge is 0.361 e. The second-order valence-corrected chi connectivity index (χ2v) is 10.7. The van der Waals surface area contributed by atoms with Gasteiger partial charge in [-0.3, -0.25) is 0 Å². The fraction of sp³-hybridized carbons (Fsp3) is 0.464. The summed E-state index contributed by atoms with van der Waals surface area (Å²) in [6.45, 7) is 4.61. The third-order valence-corrected chi connectivity index (χ3v) is 8.59. The van der Waals surface area contributed by atoms with Gasteiger partial charge in [-0.05, 0) is 105 Å². The predicted octanol–water partition coefficient (Wildman–Crippen LogP) is 7.39. The number of carbonyl (C=O) groups is 1. The van der Waals surface area contributed by atoms with E-state index in [1.807, 2.05) is 36.4 Å². The van der Waals surface area contributed by atoms with Gasteiger partial charge >= 0.3 is 6.03 Å². The van der Waals surface area contributed by atoms with E-state index in [0.717, 1.165) is 35.1 Å². The SMILES string of the molecule is CCCSN(C(=O)Nc1ccc2[nH]cc(C3CCC4CCCCN4CC3)c2c1)c1ccccc1. The third-order valence-electron chi connectivity index (χ3n) is 7.37. The van der Waals surface area contributed by atoms with Gasteiger partial charge in [-0.15, -0.1) is 0 Å². The fourth-order valence-corrected chi connectivity index (χ4v) is 6.38. The van der Waals surface area contributed by atoms with Crippen molar-refractivity contribution in [3.63, 3.8) is 0 Å². The van der Waals surface area contributed by atoms with Gasteiger partial charge in [0.15, 0.2) is 0 Å². The number of anilines is 2. The van der Waals surface area contributed by atoms with Crippen LogP contribution in [0, 0.1) is 0 Å². The van der Waals surface area contributed by atoms with Crippen molar-refractivity contribution in [3.8, 4) is 0 Å². The summed E-state index contributed by atoms with van der Waals surface area (Å²) in [6, 6.07) is 16.8. The minimum atomic E-state index is -0.104. The highest BCUT2D eigenvalue weighted by atomic mass is 32.2. The summed E-state index contributed by atoms with van der Waals surface area (Å²) in [5.41, 5.74) is 4.31. The molecule has 2 atom stereocenters. The molecule has 0 radical (unpaired) electrons. The lowest BCUT2D eigenvalue weighted by molar-refractivity contribution is 0.151. The number of H-pyrrole nitrogens is 1. The highest BCUT2D eigenvalue weighted by molar-refractivity contribution is 8.01. The number of nitrogens with one attached hydrogen (secondary N) is 2. The van der Waals surface area contributed by atoms with Gasteiger partial charge in [0.1, 0.15) is 0 Å². The first-order valence-electron chi connectivity index (χ1n) is 12.9. The smallest absolute Gasteiger partial charge is 0.336 e. The van der Waals surface area contributed by atoms with Crippen LogP contribution in [0.3, 0.4) is 0 Å². The molecule has 2 aromatic carbocycles. The summed E-state index contributed by atoms with van der Waals surface area (Å²) >= 11 is 1.56. The number of hydrogen-bond acceptors (Lipinski definition) is 3. The second kappa shape index (κ2) is 10.9. The van der Waals surface area contributed by atoms with E-state index in [1.165, 1.54) is 62.6 Å². The number of urea groups is 1. The van der Waals surface area contributed by atoms with E-state index < -0.39 is 0 Å². The maximum absolute atomic E-state index is 13.3. The summed E-state index contributed by atoms with van der Waals surface area (Å²) < 4.78 is 1.77. The molecule has 2 aliphatic rings. The highest BCUT2D eigenvalue weighted by Crippen LogP contribution is 2.37. The Morgan fingerprint density at radius 1 is 1.09 bits per heavy atom. The first-order chi connectivity index (χ1) is 16.7. The van der Waals surface area contributed by atoms with Gasteiger partial charge in [0, 0.05) is 34.6 Å². The first-order valence-corrected chi connectivity index (χ1v) is 13.8. The number of carbonyl (C=O) groups excluding carboxylic acids is 1. The minimum Gasteiger partial charge on any atom is -0.361 e. The van der Waals surface area contributed by atoms with Crippen LogP contribution in [0.5, 0.6) is 0 Å². The van der Waals surface area contributed by atoms with Gasteiger partial charge in [-0.2, -0.15) is 0 Å². The van der Waals surface area contributed by atoms with Crippen LogP contribution in [0.4, 0.5) is 16.2 Å². The summed E-state index contributed by atoms with van der Waals surface area (Å²) in [4.78, 5) is 19.5. The van der Waals surface area contributed by atoms with Crippen molar-refractivity contribution < 1.29 is 4.79 Å². The van der Waals surface area contributed by atoms with Crippen LogP contribution in [-0.4, -0.2) is 40.8 Å². The molecule has 0 bridgehead atoms. The lowest BCUT2D eigenvalue weighted by Crippen LogP contribution is -2.38. The van der Waals surface area contributed by atoms with Crippen molar-refractivity contribution in [1.82, 2.24) is 9.88 Å². The van der Waals surface area contributed by atoms with Crippen LogP contribution in [0.2, 0.25) is 0 Å². The molecule has 180 valence electrons. The van der Waals surface area contributed by atoms with Crippen LogP contribution >= 0.6 is 11.9 Å². The lowest BCUT2D eigenvalue weighted by Gasteiger charge is -2.33.